The van der Waals surface area contributed by atoms with Crippen molar-refractivity contribution in [2.75, 3.05) is 26.4 Å². The van der Waals surface area contributed by atoms with Crippen LogP contribution in [0.5, 0.6) is 0 Å². The minimum Gasteiger partial charge on any atom is -0.486 e. The second kappa shape index (κ2) is 17.0. The molecule has 0 fully saturated rings. The van der Waals surface area contributed by atoms with Gasteiger partial charge in [0.05, 0.1) is 39.3 Å². The number of thiocarbonyl (C=S) groups is 4. The number of ether oxygens (including phenoxy) is 4. The SMILES string of the molecule is CCCCOC(=S)C(O)CC(=S)OCC(C)(C)COC(=S)CC(O)C(=S)OCCCC. The van der Waals surface area contributed by atoms with Gasteiger partial charge in [0.15, 0.2) is 20.2 Å². The summed E-state index contributed by atoms with van der Waals surface area (Å²) in [5.74, 6) is 0. The number of aliphatic hydroxyl groups is 2. The normalized spacial score (nSPS) is 13.1. The summed E-state index contributed by atoms with van der Waals surface area (Å²) in [7, 11) is 0. The van der Waals surface area contributed by atoms with E-state index in [2.05, 4.69) is 0 Å². The fourth-order valence-corrected chi connectivity index (χ4v) is 2.79. The molecule has 31 heavy (non-hydrogen) atoms. The summed E-state index contributed by atoms with van der Waals surface area (Å²) in [6, 6.07) is 0. The molecule has 0 saturated heterocycles. The average Bonchev–Trinajstić information content (AvgIpc) is 2.71. The smallest absolute Gasteiger partial charge is 0.189 e. The maximum absolute atomic E-state index is 10.1. The van der Waals surface area contributed by atoms with Crippen molar-refractivity contribution in [1.82, 2.24) is 0 Å². The number of aliphatic hydroxyl groups excluding tert-OH is 2. The zero-order chi connectivity index (χ0) is 23.9. The quantitative estimate of drug-likeness (QED) is 0.228. The minimum atomic E-state index is -0.976. The number of rotatable bonds is 16. The van der Waals surface area contributed by atoms with Crippen molar-refractivity contribution < 1.29 is 29.2 Å². The number of unbranched alkanes of at least 4 members (excludes halogenated alkanes) is 2. The van der Waals surface area contributed by atoms with Gasteiger partial charge >= 0.3 is 0 Å². The molecule has 6 nitrogen and oxygen atoms in total. The highest BCUT2D eigenvalue weighted by Crippen LogP contribution is 2.18. The van der Waals surface area contributed by atoms with Gasteiger partial charge < -0.3 is 29.2 Å². The fraction of sp³-hybridized carbons (Fsp3) is 0.810. The third-order valence-corrected chi connectivity index (χ3v) is 5.35. The van der Waals surface area contributed by atoms with Crippen LogP contribution >= 0.6 is 48.9 Å². The van der Waals surface area contributed by atoms with Crippen LogP contribution < -0.4 is 0 Å². The van der Waals surface area contributed by atoms with Crippen LogP contribution in [0.1, 0.15) is 66.2 Å². The summed E-state index contributed by atoms with van der Waals surface area (Å²) >= 11 is 20.5. The molecule has 2 atom stereocenters. The first-order chi connectivity index (χ1) is 14.5. The van der Waals surface area contributed by atoms with Gasteiger partial charge in [-0.05, 0) is 61.7 Å². The lowest BCUT2D eigenvalue weighted by Crippen LogP contribution is -2.31. The number of hydrogen-bond acceptors (Lipinski definition) is 10. The van der Waals surface area contributed by atoms with E-state index >= 15 is 0 Å². The van der Waals surface area contributed by atoms with E-state index in [-0.39, 0.29) is 46.3 Å². The van der Waals surface area contributed by atoms with Crippen LogP contribution in [0.4, 0.5) is 0 Å². The Morgan fingerprint density at radius 2 is 1.06 bits per heavy atom. The van der Waals surface area contributed by atoms with Gasteiger partial charge in [-0.1, -0.05) is 40.5 Å². The molecule has 2 N–H and O–H groups in total. The van der Waals surface area contributed by atoms with Crippen LogP contribution in [0, 0.1) is 5.41 Å². The van der Waals surface area contributed by atoms with Crippen molar-refractivity contribution in [1.29, 1.82) is 0 Å². The predicted octanol–water partition coefficient (Wildman–Crippen LogP) is 4.49. The van der Waals surface area contributed by atoms with Crippen molar-refractivity contribution in [2.24, 2.45) is 5.41 Å². The molecule has 0 aromatic carbocycles. The van der Waals surface area contributed by atoms with Gasteiger partial charge in [0.2, 0.25) is 0 Å². The van der Waals surface area contributed by atoms with Crippen LogP contribution in [0.15, 0.2) is 0 Å². The van der Waals surface area contributed by atoms with Crippen LogP contribution in [0.2, 0.25) is 0 Å². The Morgan fingerprint density at radius 1 is 0.710 bits per heavy atom. The summed E-state index contributed by atoms with van der Waals surface area (Å²) in [6.07, 6.45) is 1.96. The second-order valence-corrected chi connectivity index (χ2v) is 9.68. The Kier molecular flexibility index (Phi) is 16.7. The molecule has 0 spiro atoms. The average molecular weight is 513 g/mol. The Hall–Kier alpha value is -0.520. The second-order valence-electron chi connectivity index (χ2n) is 7.97. The van der Waals surface area contributed by atoms with E-state index in [4.69, 9.17) is 67.8 Å². The molecule has 0 aliphatic carbocycles. The fourth-order valence-electron chi connectivity index (χ4n) is 2.02. The molecule has 180 valence electrons. The molecule has 10 heteroatoms. The molecule has 0 heterocycles. The first kappa shape index (κ1) is 30.5. The zero-order valence-corrected chi connectivity index (χ0v) is 22.2. The molecule has 0 aromatic rings. The molecule has 0 radical (unpaired) electrons. The molecule has 0 bridgehead atoms. The van der Waals surface area contributed by atoms with Gasteiger partial charge in [-0.15, -0.1) is 0 Å². The lowest BCUT2D eigenvalue weighted by atomic mass is 9.96. The van der Waals surface area contributed by atoms with Gasteiger partial charge in [-0.2, -0.15) is 0 Å². The molecule has 0 rings (SSSR count). The molecule has 0 aliphatic rings. The van der Waals surface area contributed by atoms with Crippen molar-refractivity contribution in [3.63, 3.8) is 0 Å². The Balaban J connectivity index is 4.23. The van der Waals surface area contributed by atoms with Gasteiger partial charge in [-0.3, -0.25) is 0 Å². The van der Waals surface area contributed by atoms with Gasteiger partial charge in [-0.25, -0.2) is 0 Å². The van der Waals surface area contributed by atoms with Crippen LogP contribution in [-0.2, 0) is 18.9 Å². The van der Waals surface area contributed by atoms with Gasteiger partial charge in [0.25, 0.3) is 0 Å². The molecular weight excluding hydrogens is 476 g/mol. The van der Waals surface area contributed by atoms with E-state index in [1.165, 1.54) is 0 Å². The molecular formula is C21H36O6S4. The Morgan fingerprint density at radius 3 is 1.39 bits per heavy atom. The molecule has 0 aliphatic heterocycles. The third-order valence-electron chi connectivity index (χ3n) is 4.00. The molecule has 0 saturated carbocycles. The minimum absolute atomic E-state index is 0.0946. The molecule has 0 amide bonds. The topological polar surface area (TPSA) is 77.4 Å². The largest absolute Gasteiger partial charge is 0.486 e. The highest BCUT2D eigenvalue weighted by atomic mass is 32.1. The Bertz CT molecular complexity index is 534. The lowest BCUT2D eigenvalue weighted by Gasteiger charge is -2.26. The lowest BCUT2D eigenvalue weighted by molar-refractivity contribution is 0.0937. The van der Waals surface area contributed by atoms with E-state index in [1.54, 1.807) is 0 Å². The number of hydrogen-bond donors (Lipinski definition) is 2. The summed E-state index contributed by atoms with van der Waals surface area (Å²) in [4.78, 5) is 0. The first-order valence-corrected chi connectivity index (χ1v) is 12.2. The van der Waals surface area contributed by atoms with Crippen molar-refractivity contribution in [3.8, 4) is 0 Å². The van der Waals surface area contributed by atoms with Gasteiger partial charge in [0, 0.05) is 5.41 Å². The van der Waals surface area contributed by atoms with E-state index in [0.29, 0.717) is 13.2 Å². The first-order valence-electron chi connectivity index (χ1n) is 10.5. The summed E-state index contributed by atoms with van der Waals surface area (Å²) in [6.45, 7) is 9.46. The summed E-state index contributed by atoms with van der Waals surface area (Å²) in [5, 5.41) is 20.9. The van der Waals surface area contributed by atoms with Crippen LogP contribution in [0.25, 0.3) is 0 Å². The standard InChI is InChI=1S/C21H36O6S4/c1-5-7-9-24-19(30)15(22)11-17(28)26-13-21(3,4)14-27-18(29)12-16(23)20(31)25-10-8-6-2/h15-16,22-23H,5-14H2,1-4H3. The highest BCUT2D eigenvalue weighted by molar-refractivity contribution is 7.81. The Labute approximate surface area is 208 Å². The summed E-state index contributed by atoms with van der Waals surface area (Å²) < 4.78 is 21.9. The maximum atomic E-state index is 10.1. The van der Waals surface area contributed by atoms with Crippen molar-refractivity contribution in [3.05, 3.63) is 0 Å². The molecule has 0 aromatic heterocycles. The van der Waals surface area contributed by atoms with Crippen LogP contribution in [-0.4, -0.2) is 69.1 Å². The zero-order valence-electron chi connectivity index (χ0n) is 18.9. The predicted molar refractivity (Wildman–Crippen MR) is 139 cm³/mol. The molecule has 2 unspecified atom stereocenters. The van der Waals surface area contributed by atoms with Crippen molar-refractivity contribution in [2.45, 2.75) is 78.4 Å². The van der Waals surface area contributed by atoms with E-state index in [1.807, 2.05) is 27.7 Å². The van der Waals surface area contributed by atoms with Crippen LogP contribution in [0.3, 0.4) is 0 Å². The summed E-state index contributed by atoms with van der Waals surface area (Å²) in [5.41, 5.74) is -0.402. The highest BCUT2D eigenvalue weighted by Gasteiger charge is 2.24. The monoisotopic (exact) mass is 512 g/mol. The maximum Gasteiger partial charge on any atom is 0.189 e. The van der Waals surface area contributed by atoms with E-state index in [9.17, 15) is 10.2 Å². The van der Waals surface area contributed by atoms with Crippen molar-refractivity contribution >= 4 is 69.1 Å². The van der Waals surface area contributed by atoms with E-state index < -0.39 is 17.6 Å². The third kappa shape index (κ3) is 15.8. The van der Waals surface area contributed by atoms with Gasteiger partial charge in [0.1, 0.15) is 12.2 Å². The van der Waals surface area contributed by atoms with E-state index in [0.717, 1.165) is 25.7 Å².